The van der Waals surface area contributed by atoms with E-state index in [1.165, 1.54) is 0 Å². The summed E-state index contributed by atoms with van der Waals surface area (Å²) >= 11 is 0. The first-order valence-corrected chi connectivity index (χ1v) is 11.7. The van der Waals surface area contributed by atoms with Crippen LogP contribution in [0.5, 0.6) is 0 Å². The maximum Gasteiger partial charge on any atom is 0.227 e. The fourth-order valence-corrected chi connectivity index (χ4v) is 4.07. The number of anilines is 4. The van der Waals surface area contributed by atoms with Crippen LogP contribution in [-0.2, 0) is 7.05 Å². The molecule has 196 valence electrons. The SMILES string of the molecule is CC(O)Nc1cc(Nc2ncc(F)c(-c3cn(C)c4cc(F)c(F)cc34)n2)ccc1N(C)CCN(C)C. The van der Waals surface area contributed by atoms with Gasteiger partial charge in [-0.25, -0.2) is 23.1 Å². The predicted octanol–water partition coefficient (Wildman–Crippen LogP) is 4.54. The van der Waals surface area contributed by atoms with Crippen LogP contribution in [0.25, 0.3) is 22.2 Å². The monoisotopic (exact) mass is 513 g/mol. The van der Waals surface area contributed by atoms with E-state index < -0.39 is 23.7 Å². The average Bonchev–Trinajstić information content (AvgIpc) is 3.13. The number of fused-ring (bicyclic) bond motifs is 1. The molecule has 2 heterocycles. The van der Waals surface area contributed by atoms with E-state index in [1.54, 1.807) is 30.8 Å². The van der Waals surface area contributed by atoms with Gasteiger partial charge in [0.05, 0.1) is 23.1 Å². The van der Waals surface area contributed by atoms with Gasteiger partial charge in [0.2, 0.25) is 5.95 Å². The molecule has 0 amide bonds. The number of nitrogens with one attached hydrogen (secondary N) is 2. The molecular weight excluding hydrogens is 483 g/mol. The van der Waals surface area contributed by atoms with Crippen molar-refractivity contribution in [2.24, 2.45) is 7.05 Å². The first-order valence-electron chi connectivity index (χ1n) is 11.7. The molecule has 11 heteroatoms. The van der Waals surface area contributed by atoms with E-state index in [2.05, 4.69) is 30.4 Å². The van der Waals surface area contributed by atoms with Crippen molar-refractivity contribution in [1.82, 2.24) is 19.4 Å². The fraction of sp³-hybridized carbons (Fsp3) is 0.308. The van der Waals surface area contributed by atoms with Gasteiger partial charge in [-0.2, -0.15) is 0 Å². The van der Waals surface area contributed by atoms with Gasteiger partial charge in [0, 0.05) is 56.1 Å². The Bertz CT molecular complexity index is 1420. The number of aliphatic hydroxyl groups is 1. The van der Waals surface area contributed by atoms with Crippen LogP contribution in [0.4, 0.5) is 36.2 Å². The normalized spacial score (nSPS) is 12.3. The number of aromatic nitrogens is 3. The molecule has 0 aliphatic heterocycles. The molecule has 0 fully saturated rings. The molecule has 1 atom stereocenters. The van der Waals surface area contributed by atoms with E-state index >= 15 is 0 Å². The van der Waals surface area contributed by atoms with Crippen LogP contribution < -0.4 is 15.5 Å². The number of hydrogen-bond donors (Lipinski definition) is 3. The predicted molar refractivity (Wildman–Crippen MR) is 141 cm³/mol. The van der Waals surface area contributed by atoms with Gasteiger partial charge in [0.15, 0.2) is 17.5 Å². The van der Waals surface area contributed by atoms with Crippen LogP contribution in [0.15, 0.2) is 42.7 Å². The Kier molecular flexibility index (Phi) is 7.55. The minimum atomic E-state index is -1.03. The van der Waals surface area contributed by atoms with Gasteiger partial charge in [0.25, 0.3) is 0 Å². The van der Waals surface area contributed by atoms with E-state index in [1.807, 2.05) is 33.3 Å². The number of rotatable bonds is 9. The molecule has 4 rings (SSSR count). The van der Waals surface area contributed by atoms with E-state index in [0.29, 0.717) is 27.8 Å². The van der Waals surface area contributed by atoms with Gasteiger partial charge >= 0.3 is 0 Å². The second-order valence-electron chi connectivity index (χ2n) is 9.23. The Labute approximate surface area is 213 Å². The summed E-state index contributed by atoms with van der Waals surface area (Å²) in [6.07, 6.45) is 1.81. The summed E-state index contributed by atoms with van der Waals surface area (Å²) in [6.45, 7) is 3.24. The Morgan fingerprint density at radius 3 is 2.46 bits per heavy atom. The van der Waals surface area contributed by atoms with Crippen molar-refractivity contribution in [3.05, 3.63) is 60.2 Å². The van der Waals surface area contributed by atoms with Gasteiger partial charge in [0.1, 0.15) is 11.9 Å². The van der Waals surface area contributed by atoms with Crippen LogP contribution in [0.1, 0.15) is 6.92 Å². The van der Waals surface area contributed by atoms with E-state index in [0.717, 1.165) is 37.1 Å². The molecule has 1 unspecified atom stereocenters. The zero-order valence-corrected chi connectivity index (χ0v) is 21.4. The number of nitrogens with zero attached hydrogens (tertiary/aromatic N) is 5. The van der Waals surface area contributed by atoms with Gasteiger partial charge < -0.3 is 30.1 Å². The van der Waals surface area contributed by atoms with E-state index in [4.69, 9.17) is 0 Å². The number of hydrogen-bond acceptors (Lipinski definition) is 7. The highest BCUT2D eigenvalue weighted by molar-refractivity contribution is 5.95. The molecule has 0 bridgehead atoms. The Morgan fingerprint density at radius 2 is 1.76 bits per heavy atom. The molecular formula is C26H30F3N7O. The van der Waals surface area contributed by atoms with Crippen molar-refractivity contribution >= 4 is 33.9 Å². The standard InChI is InChI=1S/C26H30F3N7O/c1-15(37)31-22-10-16(6-7-23(22)35(4)9-8-34(2)3)32-26-30-13-21(29)25(33-26)18-14-36(5)24-12-20(28)19(27)11-17(18)24/h6-7,10-15,31,37H,8-9H2,1-5H3,(H,30,32,33). The molecule has 0 spiro atoms. The lowest BCUT2D eigenvalue weighted by Crippen LogP contribution is -2.29. The minimum absolute atomic E-state index is 0.0449. The fourth-order valence-electron chi connectivity index (χ4n) is 4.07. The maximum atomic E-state index is 14.8. The topological polar surface area (TPSA) is 81.5 Å². The summed E-state index contributed by atoms with van der Waals surface area (Å²) in [5, 5.41) is 16.4. The molecule has 0 saturated heterocycles. The largest absolute Gasteiger partial charge is 0.374 e. The zero-order chi connectivity index (χ0) is 26.9. The molecule has 2 aromatic carbocycles. The van der Waals surface area contributed by atoms with Crippen LogP contribution in [-0.4, -0.2) is 65.0 Å². The van der Waals surface area contributed by atoms with E-state index in [-0.39, 0.29) is 11.6 Å². The molecule has 37 heavy (non-hydrogen) atoms. The molecule has 0 saturated carbocycles. The van der Waals surface area contributed by atoms with Crippen molar-refractivity contribution in [3.8, 4) is 11.3 Å². The molecule has 4 aromatic rings. The average molecular weight is 514 g/mol. The first kappa shape index (κ1) is 26.2. The Hall–Kier alpha value is -3.83. The molecule has 0 aliphatic carbocycles. The number of likely N-dealkylation sites (N-methyl/N-ethyl adjacent to an activating group) is 2. The number of aliphatic hydroxyl groups excluding tert-OH is 1. The second-order valence-corrected chi connectivity index (χ2v) is 9.23. The molecule has 3 N–H and O–H groups in total. The van der Waals surface area contributed by atoms with Crippen molar-refractivity contribution < 1.29 is 18.3 Å². The lowest BCUT2D eigenvalue weighted by molar-refractivity contribution is 0.224. The smallest absolute Gasteiger partial charge is 0.227 e. The maximum absolute atomic E-state index is 14.8. The summed E-state index contributed by atoms with van der Waals surface area (Å²) < 4.78 is 44.1. The number of aryl methyl sites for hydroxylation is 1. The van der Waals surface area contributed by atoms with Crippen LogP contribution in [0.2, 0.25) is 0 Å². The second kappa shape index (κ2) is 10.7. The highest BCUT2D eigenvalue weighted by Crippen LogP contribution is 2.34. The summed E-state index contributed by atoms with van der Waals surface area (Å²) in [7, 11) is 7.63. The number of halogens is 3. The highest BCUT2D eigenvalue weighted by Gasteiger charge is 2.18. The Balaban J connectivity index is 1.67. The molecule has 2 aromatic heterocycles. The summed E-state index contributed by atoms with van der Waals surface area (Å²) in [5.74, 6) is -2.59. The first-order chi connectivity index (χ1) is 17.5. The third-order valence-corrected chi connectivity index (χ3v) is 5.94. The van der Waals surface area contributed by atoms with Crippen LogP contribution in [0.3, 0.4) is 0 Å². The quantitative estimate of drug-likeness (QED) is 0.284. The van der Waals surface area contributed by atoms with Crippen molar-refractivity contribution in [2.45, 2.75) is 13.2 Å². The van der Waals surface area contributed by atoms with Gasteiger partial charge in [-0.15, -0.1) is 0 Å². The molecule has 8 nitrogen and oxygen atoms in total. The number of benzene rings is 2. The summed E-state index contributed by atoms with van der Waals surface area (Å²) in [5.41, 5.74) is 2.86. The highest BCUT2D eigenvalue weighted by atomic mass is 19.2. The Morgan fingerprint density at radius 1 is 1.03 bits per heavy atom. The third kappa shape index (κ3) is 5.78. The molecule has 0 radical (unpaired) electrons. The summed E-state index contributed by atoms with van der Waals surface area (Å²) in [6, 6.07) is 7.64. The van der Waals surface area contributed by atoms with Gasteiger partial charge in [-0.1, -0.05) is 0 Å². The van der Waals surface area contributed by atoms with Crippen molar-refractivity contribution in [2.75, 3.05) is 49.8 Å². The lowest BCUT2D eigenvalue weighted by atomic mass is 10.1. The zero-order valence-electron chi connectivity index (χ0n) is 21.4. The van der Waals surface area contributed by atoms with Crippen LogP contribution >= 0.6 is 0 Å². The van der Waals surface area contributed by atoms with Gasteiger partial charge in [-0.3, -0.25) is 0 Å². The minimum Gasteiger partial charge on any atom is -0.374 e. The van der Waals surface area contributed by atoms with Crippen LogP contribution in [0, 0.1) is 17.5 Å². The summed E-state index contributed by atoms with van der Waals surface area (Å²) in [4.78, 5) is 12.5. The van der Waals surface area contributed by atoms with Crippen molar-refractivity contribution in [1.29, 1.82) is 0 Å². The van der Waals surface area contributed by atoms with Gasteiger partial charge in [-0.05, 0) is 45.3 Å². The van der Waals surface area contributed by atoms with E-state index in [9.17, 15) is 18.3 Å². The lowest BCUT2D eigenvalue weighted by Gasteiger charge is -2.26. The third-order valence-electron chi connectivity index (χ3n) is 5.94. The van der Waals surface area contributed by atoms with Crippen molar-refractivity contribution in [3.63, 3.8) is 0 Å². The molecule has 0 aliphatic rings.